The number of hydrogen-bond donors (Lipinski definition) is 1. The first kappa shape index (κ1) is 19.4. The van der Waals surface area contributed by atoms with Crippen LogP contribution in [0.25, 0.3) is 0 Å². The highest BCUT2D eigenvalue weighted by molar-refractivity contribution is 7.16. The smallest absolute Gasteiger partial charge is 0.273 e. The van der Waals surface area contributed by atoms with Gasteiger partial charge in [0.25, 0.3) is 5.69 Å². The summed E-state index contributed by atoms with van der Waals surface area (Å²) in [6.45, 7) is 5.42. The van der Waals surface area contributed by atoms with E-state index in [2.05, 4.69) is 6.58 Å². The first-order valence-corrected chi connectivity index (χ1v) is 8.80. The largest absolute Gasteiger partial charge is 0.491 e. The molecule has 0 aliphatic carbocycles. The fourth-order valence-corrected chi connectivity index (χ4v) is 3.40. The zero-order chi connectivity index (χ0) is 18.2. The Morgan fingerprint density at radius 2 is 2.24 bits per heavy atom. The summed E-state index contributed by atoms with van der Waals surface area (Å²) in [6.07, 6.45) is 1.03. The van der Waals surface area contributed by atoms with E-state index in [-0.39, 0.29) is 12.3 Å². The highest BCUT2D eigenvalue weighted by Crippen LogP contribution is 2.23. The average Bonchev–Trinajstić information content (AvgIpc) is 2.98. The van der Waals surface area contributed by atoms with Gasteiger partial charge in [0, 0.05) is 30.6 Å². The molecule has 0 bridgehead atoms. The molecule has 1 heterocycles. The van der Waals surface area contributed by atoms with E-state index >= 15 is 0 Å². The summed E-state index contributed by atoms with van der Waals surface area (Å²) in [5, 5.41) is 21.0. The van der Waals surface area contributed by atoms with Crippen LogP contribution in [0.5, 0.6) is 5.75 Å². The van der Waals surface area contributed by atoms with E-state index in [1.54, 1.807) is 18.2 Å². The van der Waals surface area contributed by atoms with Crippen LogP contribution < -0.4 is 4.74 Å². The zero-order valence-corrected chi connectivity index (χ0v) is 15.1. The standard InChI is InChI=1S/C17H19ClN2O4S/c1-2-8-19(11-16-6-7-17(18)25-16)10-14(21)12-24-15-5-3-4-13(9-15)20(22)23/h2-7,9,14,21H,1,8,10-12H2/t14-/m0/s1. The van der Waals surface area contributed by atoms with E-state index in [0.29, 0.717) is 25.4 Å². The van der Waals surface area contributed by atoms with E-state index in [1.165, 1.54) is 23.5 Å². The van der Waals surface area contributed by atoms with Crippen molar-refractivity contribution in [3.05, 3.63) is 68.4 Å². The van der Waals surface area contributed by atoms with Gasteiger partial charge in [-0.25, -0.2) is 0 Å². The SMILES string of the molecule is C=CCN(Cc1ccc(Cl)s1)C[C@H](O)COc1cccc([N+](=O)[O-])c1. The van der Waals surface area contributed by atoms with Gasteiger partial charge in [-0.1, -0.05) is 23.7 Å². The number of nitro benzene ring substituents is 1. The van der Waals surface area contributed by atoms with Gasteiger partial charge in [-0.15, -0.1) is 17.9 Å². The lowest BCUT2D eigenvalue weighted by atomic mass is 10.3. The van der Waals surface area contributed by atoms with Crippen LogP contribution >= 0.6 is 22.9 Å². The number of rotatable bonds is 10. The number of ether oxygens (including phenoxy) is 1. The molecular weight excluding hydrogens is 364 g/mol. The third-order valence-electron chi connectivity index (χ3n) is 3.34. The second-order valence-corrected chi connectivity index (χ2v) is 7.21. The van der Waals surface area contributed by atoms with Gasteiger partial charge in [-0.3, -0.25) is 15.0 Å². The zero-order valence-electron chi connectivity index (χ0n) is 13.5. The van der Waals surface area contributed by atoms with Crippen LogP contribution in [0.4, 0.5) is 5.69 Å². The van der Waals surface area contributed by atoms with Crippen LogP contribution in [0.15, 0.2) is 49.1 Å². The number of non-ortho nitro benzene ring substituents is 1. The van der Waals surface area contributed by atoms with Gasteiger partial charge < -0.3 is 9.84 Å². The fraction of sp³-hybridized carbons (Fsp3) is 0.294. The van der Waals surface area contributed by atoms with Crippen molar-refractivity contribution >= 4 is 28.6 Å². The molecule has 8 heteroatoms. The fourth-order valence-electron chi connectivity index (χ4n) is 2.27. The quantitative estimate of drug-likeness (QED) is 0.385. The highest BCUT2D eigenvalue weighted by Gasteiger charge is 2.14. The molecule has 25 heavy (non-hydrogen) atoms. The molecule has 0 aliphatic heterocycles. The molecule has 134 valence electrons. The number of benzene rings is 1. The van der Waals surface area contributed by atoms with Crippen LogP contribution in [-0.4, -0.2) is 40.7 Å². The van der Waals surface area contributed by atoms with Crippen LogP contribution in [0.2, 0.25) is 4.34 Å². The maximum absolute atomic E-state index is 10.8. The Morgan fingerprint density at radius 1 is 1.44 bits per heavy atom. The van der Waals surface area contributed by atoms with Crippen molar-refractivity contribution in [3.63, 3.8) is 0 Å². The first-order chi connectivity index (χ1) is 12.0. The lowest BCUT2D eigenvalue weighted by Gasteiger charge is -2.23. The van der Waals surface area contributed by atoms with Gasteiger partial charge in [-0.2, -0.15) is 0 Å². The number of hydrogen-bond acceptors (Lipinski definition) is 6. The monoisotopic (exact) mass is 382 g/mol. The minimum atomic E-state index is -0.741. The van der Waals surface area contributed by atoms with Gasteiger partial charge in [0.1, 0.15) is 18.5 Å². The molecule has 0 amide bonds. The van der Waals surface area contributed by atoms with Gasteiger partial charge in [-0.05, 0) is 18.2 Å². The number of aliphatic hydroxyl groups is 1. The molecule has 2 aromatic rings. The number of nitro groups is 1. The molecule has 0 aliphatic rings. The summed E-state index contributed by atoms with van der Waals surface area (Å²) in [5.41, 5.74) is -0.0464. The molecule has 2 rings (SSSR count). The molecular formula is C17H19ClN2O4S. The minimum absolute atomic E-state index is 0.0417. The van der Waals surface area contributed by atoms with E-state index in [9.17, 15) is 15.2 Å². The Morgan fingerprint density at radius 3 is 2.88 bits per heavy atom. The number of nitrogens with zero attached hydrogens (tertiary/aromatic N) is 2. The second-order valence-electron chi connectivity index (χ2n) is 5.41. The lowest BCUT2D eigenvalue weighted by Crippen LogP contribution is -2.35. The molecule has 1 atom stereocenters. The Labute approximate surface area is 155 Å². The van der Waals surface area contributed by atoms with Crippen molar-refractivity contribution in [2.24, 2.45) is 0 Å². The van der Waals surface area contributed by atoms with Gasteiger partial charge >= 0.3 is 0 Å². The molecule has 0 radical (unpaired) electrons. The average molecular weight is 383 g/mol. The van der Waals surface area contributed by atoms with Crippen molar-refractivity contribution in [1.29, 1.82) is 0 Å². The summed E-state index contributed by atoms with van der Waals surface area (Å²) in [7, 11) is 0. The maximum Gasteiger partial charge on any atom is 0.273 e. The van der Waals surface area contributed by atoms with Crippen molar-refractivity contribution < 1.29 is 14.8 Å². The third kappa shape index (κ3) is 6.47. The topological polar surface area (TPSA) is 75.8 Å². The predicted octanol–water partition coefficient (Wildman–Crippen LogP) is 3.74. The molecule has 0 unspecified atom stereocenters. The summed E-state index contributed by atoms with van der Waals surface area (Å²) < 4.78 is 6.19. The van der Waals surface area contributed by atoms with Gasteiger partial charge in [0.15, 0.2) is 0 Å². The molecule has 1 aromatic heterocycles. The second kappa shape index (κ2) is 9.53. The summed E-state index contributed by atoms with van der Waals surface area (Å²) >= 11 is 7.44. The molecule has 0 fully saturated rings. The van der Waals surface area contributed by atoms with E-state index in [1.807, 2.05) is 17.0 Å². The van der Waals surface area contributed by atoms with Crippen molar-refractivity contribution in [2.45, 2.75) is 12.6 Å². The Balaban J connectivity index is 1.88. The Kier molecular flexibility index (Phi) is 7.39. The van der Waals surface area contributed by atoms with Crippen LogP contribution in [-0.2, 0) is 6.54 Å². The molecule has 0 saturated heterocycles. The van der Waals surface area contributed by atoms with E-state index < -0.39 is 11.0 Å². The number of halogens is 1. The van der Waals surface area contributed by atoms with Crippen molar-refractivity contribution in [1.82, 2.24) is 4.90 Å². The third-order valence-corrected chi connectivity index (χ3v) is 4.55. The number of thiophene rings is 1. The predicted molar refractivity (Wildman–Crippen MR) is 99.4 cm³/mol. The normalized spacial score (nSPS) is 12.1. The molecule has 6 nitrogen and oxygen atoms in total. The minimum Gasteiger partial charge on any atom is -0.491 e. The lowest BCUT2D eigenvalue weighted by molar-refractivity contribution is -0.384. The van der Waals surface area contributed by atoms with E-state index in [4.69, 9.17) is 16.3 Å². The summed E-state index contributed by atoms with van der Waals surface area (Å²) in [4.78, 5) is 13.4. The van der Waals surface area contributed by atoms with E-state index in [0.717, 1.165) is 9.21 Å². The molecule has 1 N–H and O–H groups in total. The van der Waals surface area contributed by atoms with Crippen LogP contribution in [0.1, 0.15) is 4.88 Å². The van der Waals surface area contributed by atoms with Crippen molar-refractivity contribution in [3.8, 4) is 5.75 Å². The maximum atomic E-state index is 10.8. The number of aliphatic hydroxyl groups excluding tert-OH is 1. The van der Waals surface area contributed by atoms with Crippen LogP contribution in [0, 0.1) is 10.1 Å². The van der Waals surface area contributed by atoms with Gasteiger partial charge in [0.2, 0.25) is 0 Å². The molecule has 0 spiro atoms. The highest BCUT2D eigenvalue weighted by atomic mass is 35.5. The first-order valence-electron chi connectivity index (χ1n) is 7.60. The molecule has 0 saturated carbocycles. The Bertz CT molecular complexity index is 722. The summed E-state index contributed by atoms with van der Waals surface area (Å²) in [5.74, 6) is 0.355. The van der Waals surface area contributed by atoms with Crippen molar-refractivity contribution in [2.75, 3.05) is 19.7 Å². The van der Waals surface area contributed by atoms with Gasteiger partial charge in [0.05, 0.1) is 15.3 Å². The van der Waals surface area contributed by atoms with Crippen LogP contribution in [0.3, 0.4) is 0 Å². The Hall–Kier alpha value is -1.93. The molecule has 1 aromatic carbocycles. The summed E-state index contributed by atoms with van der Waals surface area (Å²) in [6, 6.07) is 9.69.